The third-order valence-corrected chi connectivity index (χ3v) is 6.82. The lowest BCUT2D eigenvalue weighted by Gasteiger charge is -2.34. The number of benzene rings is 2. The molecule has 0 aliphatic carbocycles. The minimum atomic E-state index is -0.711. The first kappa shape index (κ1) is 29.0. The van der Waals surface area contributed by atoms with Gasteiger partial charge in [0, 0.05) is 44.0 Å². The molecule has 2 amide bonds. The Kier molecular flexibility index (Phi) is 10.5. The van der Waals surface area contributed by atoms with Crippen LogP contribution in [0.3, 0.4) is 0 Å². The third-order valence-electron chi connectivity index (χ3n) is 6.82. The molecule has 11 nitrogen and oxygen atoms in total. The Hall–Kier alpha value is -3.96. The molecule has 2 aliphatic rings. The van der Waals surface area contributed by atoms with E-state index >= 15 is 0 Å². The Morgan fingerprint density at radius 1 is 1.00 bits per heavy atom. The van der Waals surface area contributed by atoms with E-state index in [-0.39, 0.29) is 24.5 Å². The Bertz CT molecular complexity index is 1150. The average molecular weight is 552 g/mol. The van der Waals surface area contributed by atoms with E-state index in [1.165, 1.54) is 0 Å². The highest BCUT2D eigenvalue weighted by Crippen LogP contribution is 2.23. The Morgan fingerprint density at radius 2 is 1.70 bits per heavy atom. The molecule has 2 aliphatic heterocycles. The molecule has 1 unspecified atom stereocenters. The summed E-state index contributed by atoms with van der Waals surface area (Å²) in [5.74, 6) is -0.276. The second kappa shape index (κ2) is 14.4. The van der Waals surface area contributed by atoms with Gasteiger partial charge in [0.1, 0.15) is 18.5 Å². The van der Waals surface area contributed by atoms with Gasteiger partial charge in [-0.3, -0.25) is 30.2 Å². The van der Waals surface area contributed by atoms with Crippen LogP contribution in [0, 0.1) is 5.41 Å². The van der Waals surface area contributed by atoms with E-state index in [9.17, 15) is 14.4 Å². The van der Waals surface area contributed by atoms with Gasteiger partial charge in [-0.1, -0.05) is 43.7 Å². The highest BCUT2D eigenvalue weighted by atomic mass is 16.6. The molecule has 0 bridgehead atoms. The van der Waals surface area contributed by atoms with E-state index in [4.69, 9.17) is 19.6 Å². The zero-order valence-electron chi connectivity index (χ0n) is 22.8. The van der Waals surface area contributed by atoms with Crippen LogP contribution in [0.15, 0.2) is 54.6 Å². The van der Waals surface area contributed by atoms with Crippen molar-refractivity contribution in [2.24, 2.45) is 0 Å². The zero-order valence-corrected chi connectivity index (χ0v) is 22.8. The first-order chi connectivity index (χ1) is 19.4. The molecule has 4 rings (SSSR count). The van der Waals surface area contributed by atoms with Crippen molar-refractivity contribution in [2.45, 2.75) is 32.5 Å². The van der Waals surface area contributed by atoms with Gasteiger partial charge in [-0.15, -0.1) is 0 Å². The lowest BCUT2D eigenvalue weighted by Crippen LogP contribution is -2.50. The number of piperazine rings is 1. The van der Waals surface area contributed by atoms with Crippen molar-refractivity contribution in [3.05, 3.63) is 65.7 Å². The van der Waals surface area contributed by atoms with E-state index in [2.05, 4.69) is 22.0 Å². The van der Waals surface area contributed by atoms with Gasteiger partial charge in [-0.2, -0.15) is 0 Å². The van der Waals surface area contributed by atoms with Crippen molar-refractivity contribution in [3.8, 4) is 0 Å². The number of ether oxygens (including phenoxy) is 3. The molecule has 1 atom stereocenters. The highest BCUT2D eigenvalue weighted by molar-refractivity contribution is 6.04. The van der Waals surface area contributed by atoms with Gasteiger partial charge in [0.25, 0.3) is 0 Å². The molecule has 214 valence electrons. The van der Waals surface area contributed by atoms with E-state index < -0.39 is 12.2 Å². The van der Waals surface area contributed by atoms with Crippen molar-refractivity contribution >= 4 is 29.7 Å². The Morgan fingerprint density at radius 3 is 2.40 bits per heavy atom. The quantitative estimate of drug-likeness (QED) is 0.143. The van der Waals surface area contributed by atoms with Crippen molar-refractivity contribution < 1.29 is 28.6 Å². The number of hydrogen-bond acceptors (Lipinski definition) is 9. The largest absolute Gasteiger partial charge is 0.465 e. The fraction of sp³-hybridized carbons (Fsp3) is 0.448. The number of alkyl carbamates (subject to hydrolysis) is 1. The summed E-state index contributed by atoms with van der Waals surface area (Å²) >= 11 is 0. The number of unbranched alkanes of at least 4 members (excludes halogenated alkanes) is 1. The summed E-state index contributed by atoms with van der Waals surface area (Å²) in [5, 5.41) is 10.6. The lowest BCUT2D eigenvalue weighted by molar-refractivity contribution is -0.145. The number of amides is 2. The molecule has 2 fully saturated rings. The maximum atomic E-state index is 12.6. The van der Waals surface area contributed by atoms with Crippen LogP contribution in [0.5, 0.6) is 0 Å². The van der Waals surface area contributed by atoms with Crippen molar-refractivity contribution in [1.29, 1.82) is 5.41 Å². The fourth-order valence-electron chi connectivity index (χ4n) is 4.55. The number of esters is 1. The summed E-state index contributed by atoms with van der Waals surface area (Å²) in [6, 6.07) is 16.1. The van der Waals surface area contributed by atoms with Crippen LogP contribution in [-0.4, -0.2) is 92.3 Å². The monoisotopic (exact) mass is 551 g/mol. The first-order valence-electron chi connectivity index (χ1n) is 13.7. The predicted octanol–water partition coefficient (Wildman–Crippen LogP) is 3.22. The van der Waals surface area contributed by atoms with Gasteiger partial charge in [0.15, 0.2) is 0 Å². The topological polar surface area (TPSA) is 125 Å². The number of carbonyl (C=O) groups excluding carboxylic acids is 3. The molecule has 0 spiro atoms. The second-order valence-electron chi connectivity index (χ2n) is 9.88. The maximum absolute atomic E-state index is 12.6. The number of amidine groups is 1. The molecular weight excluding hydrogens is 514 g/mol. The molecule has 2 N–H and O–H groups in total. The molecule has 2 aromatic carbocycles. The van der Waals surface area contributed by atoms with Gasteiger partial charge in [0.2, 0.25) is 0 Å². The SMILES string of the molecule is CCCCOC(=O)CN1CCN(CC2CN(c3ccc(C(=N)NC(=O)OCc4ccccc4)cc3)C(=O)O2)CC1. The van der Waals surface area contributed by atoms with Crippen LogP contribution < -0.4 is 10.2 Å². The van der Waals surface area contributed by atoms with Gasteiger partial charge >= 0.3 is 18.2 Å². The summed E-state index contributed by atoms with van der Waals surface area (Å²) in [6.07, 6.45) is 0.488. The number of anilines is 1. The number of nitrogens with one attached hydrogen (secondary N) is 2. The van der Waals surface area contributed by atoms with Gasteiger partial charge in [0.05, 0.1) is 19.7 Å². The van der Waals surface area contributed by atoms with Crippen LogP contribution in [0.1, 0.15) is 30.9 Å². The fourth-order valence-corrected chi connectivity index (χ4v) is 4.55. The molecule has 0 radical (unpaired) electrons. The standard InChI is InChI=1S/C29H37N5O6/c1-2-3-17-38-26(35)20-33-15-13-32(14-16-33)18-25-19-34(29(37)40-25)24-11-9-23(10-12-24)27(30)31-28(36)39-21-22-7-5-4-6-8-22/h4-12,25H,2-3,13-21H2,1H3,(H2,30,31,36). The molecular formula is C29H37N5O6. The average Bonchev–Trinajstić information content (AvgIpc) is 3.33. The van der Waals surface area contributed by atoms with Gasteiger partial charge in [-0.25, -0.2) is 9.59 Å². The highest BCUT2D eigenvalue weighted by Gasteiger charge is 2.34. The summed E-state index contributed by atoms with van der Waals surface area (Å²) in [4.78, 5) is 42.5. The smallest absolute Gasteiger partial charge is 0.414 e. The predicted molar refractivity (Wildman–Crippen MR) is 149 cm³/mol. The van der Waals surface area contributed by atoms with Crippen LogP contribution in [0.2, 0.25) is 0 Å². The normalized spacial score (nSPS) is 17.8. The summed E-state index contributed by atoms with van der Waals surface area (Å²) < 4.78 is 16.0. The molecule has 0 saturated carbocycles. The zero-order chi connectivity index (χ0) is 28.3. The molecule has 11 heteroatoms. The van der Waals surface area contributed by atoms with E-state index in [1.54, 1.807) is 29.2 Å². The van der Waals surface area contributed by atoms with E-state index in [0.29, 0.717) is 37.5 Å². The Labute approximate surface area is 234 Å². The third kappa shape index (κ3) is 8.52. The van der Waals surface area contributed by atoms with E-state index in [1.807, 2.05) is 30.3 Å². The Balaban J connectivity index is 1.19. The van der Waals surface area contributed by atoms with Crippen molar-refractivity contribution in [1.82, 2.24) is 15.1 Å². The molecule has 2 aromatic rings. The van der Waals surface area contributed by atoms with Crippen LogP contribution in [-0.2, 0) is 25.6 Å². The number of carbonyl (C=O) groups is 3. The van der Waals surface area contributed by atoms with Gasteiger partial charge < -0.3 is 14.2 Å². The van der Waals surface area contributed by atoms with Crippen LogP contribution in [0.25, 0.3) is 0 Å². The summed E-state index contributed by atoms with van der Waals surface area (Å²) in [7, 11) is 0. The molecule has 0 aromatic heterocycles. The van der Waals surface area contributed by atoms with Crippen molar-refractivity contribution in [2.75, 3.05) is 57.3 Å². The van der Waals surface area contributed by atoms with Crippen molar-refractivity contribution in [3.63, 3.8) is 0 Å². The minimum Gasteiger partial charge on any atom is -0.465 e. The number of nitrogens with zero attached hydrogens (tertiary/aromatic N) is 3. The maximum Gasteiger partial charge on any atom is 0.414 e. The minimum absolute atomic E-state index is 0.0974. The van der Waals surface area contributed by atoms with E-state index in [0.717, 1.165) is 44.6 Å². The van der Waals surface area contributed by atoms with Crippen LogP contribution in [0.4, 0.5) is 15.3 Å². The lowest BCUT2D eigenvalue weighted by atomic mass is 10.1. The molecule has 40 heavy (non-hydrogen) atoms. The number of cyclic esters (lactones) is 1. The second-order valence-corrected chi connectivity index (χ2v) is 9.88. The summed E-state index contributed by atoms with van der Waals surface area (Å²) in [5.41, 5.74) is 1.99. The molecule has 2 heterocycles. The summed E-state index contributed by atoms with van der Waals surface area (Å²) in [6.45, 7) is 7.08. The first-order valence-corrected chi connectivity index (χ1v) is 13.7. The number of rotatable bonds is 11. The molecule has 2 saturated heterocycles. The van der Waals surface area contributed by atoms with Gasteiger partial charge in [-0.05, 0) is 36.2 Å². The van der Waals surface area contributed by atoms with Crippen LogP contribution >= 0.6 is 0 Å². The number of hydrogen-bond donors (Lipinski definition) is 2.